The van der Waals surface area contributed by atoms with Gasteiger partial charge in [-0.05, 0) is 32.0 Å². The van der Waals surface area contributed by atoms with Crippen molar-refractivity contribution >= 4 is 11.7 Å². The highest BCUT2D eigenvalue weighted by molar-refractivity contribution is 5.96. The highest BCUT2D eigenvalue weighted by atomic mass is 19.1. The van der Waals surface area contributed by atoms with E-state index in [1.165, 1.54) is 32.2 Å². The summed E-state index contributed by atoms with van der Waals surface area (Å²) in [7, 11) is 1.47. The van der Waals surface area contributed by atoms with Crippen LogP contribution in [0, 0.1) is 5.82 Å². The molecule has 0 spiro atoms. The lowest BCUT2D eigenvalue weighted by molar-refractivity contribution is -0.127. The van der Waals surface area contributed by atoms with Crippen LogP contribution in [0.4, 0.5) is 4.39 Å². The van der Waals surface area contributed by atoms with Crippen molar-refractivity contribution in [2.45, 2.75) is 26.3 Å². The van der Waals surface area contributed by atoms with Gasteiger partial charge in [0.1, 0.15) is 17.3 Å². The first-order valence-corrected chi connectivity index (χ1v) is 5.56. The van der Waals surface area contributed by atoms with Crippen LogP contribution in [0.15, 0.2) is 18.2 Å². The Labute approximate surface area is 105 Å². The van der Waals surface area contributed by atoms with Crippen molar-refractivity contribution in [2.24, 2.45) is 0 Å². The quantitative estimate of drug-likeness (QED) is 0.816. The summed E-state index contributed by atoms with van der Waals surface area (Å²) >= 11 is 0. The average molecular weight is 253 g/mol. The van der Waals surface area contributed by atoms with Crippen molar-refractivity contribution in [1.82, 2.24) is 5.32 Å². The van der Waals surface area contributed by atoms with E-state index in [0.29, 0.717) is 11.3 Å². The molecule has 18 heavy (non-hydrogen) atoms. The van der Waals surface area contributed by atoms with E-state index in [-0.39, 0.29) is 18.1 Å². The number of hydrogen-bond acceptors (Lipinski definition) is 3. The fraction of sp³-hybridized carbons (Fsp3) is 0.385. The van der Waals surface area contributed by atoms with Gasteiger partial charge in [0, 0.05) is 5.56 Å². The van der Waals surface area contributed by atoms with E-state index in [1.807, 2.05) is 0 Å². The molecule has 0 heterocycles. The Balaban J connectivity index is 2.83. The van der Waals surface area contributed by atoms with Crippen molar-refractivity contribution in [3.05, 3.63) is 29.6 Å². The third-order valence-electron chi connectivity index (χ3n) is 2.45. The maximum atomic E-state index is 13.2. The summed E-state index contributed by atoms with van der Waals surface area (Å²) in [5.74, 6) is -0.516. The maximum absolute atomic E-state index is 13.2. The van der Waals surface area contributed by atoms with Crippen molar-refractivity contribution in [3.63, 3.8) is 0 Å². The maximum Gasteiger partial charge on any atom is 0.227 e. The van der Waals surface area contributed by atoms with E-state index in [2.05, 4.69) is 5.32 Å². The SMILES string of the molecule is COc1ccc(F)cc1C(C)NC(=O)CC(C)=O. The van der Waals surface area contributed by atoms with Crippen molar-refractivity contribution in [3.8, 4) is 5.75 Å². The Hall–Kier alpha value is -1.91. The Morgan fingerprint density at radius 2 is 2.11 bits per heavy atom. The predicted molar refractivity (Wildman–Crippen MR) is 64.8 cm³/mol. The zero-order chi connectivity index (χ0) is 13.7. The van der Waals surface area contributed by atoms with Gasteiger partial charge in [-0.25, -0.2) is 4.39 Å². The molecule has 0 aromatic heterocycles. The number of Topliss-reactive ketones (excluding diaryl/α,β-unsaturated/α-hetero) is 1. The minimum atomic E-state index is -0.428. The Morgan fingerprint density at radius 1 is 1.44 bits per heavy atom. The van der Waals surface area contributed by atoms with Crippen LogP contribution < -0.4 is 10.1 Å². The standard InChI is InChI=1S/C13H16FNO3/c1-8(16)6-13(17)15-9(2)11-7-10(14)4-5-12(11)18-3/h4-5,7,9H,6H2,1-3H3,(H,15,17). The van der Waals surface area contributed by atoms with Gasteiger partial charge in [0.2, 0.25) is 5.91 Å². The molecule has 1 rings (SSSR count). The Morgan fingerprint density at radius 3 is 2.67 bits per heavy atom. The zero-order valence-electron chi connectivity index (χ0n) is 10.6. The number of amides is 1. The molecule has 0 aliphatic carbocycles. The van der Waals surface area contributed by atoms with Gasteiger partial charge in [-0.1, -0.05) is 0 Å². The molecule has 1 atom stereocenters. The third kappa shape index (κ3) is 3.84. The van der Waals surface area contributed by atoms with Gasteiger partial charge < -0.3 is 10.1 Å². The van der Waals surface area contributed by atoms with Crippen LogP contribution in [-0.2, 0) is 9.59 Å². The summed E-state index contributed by atoms with van der Waals surface area (Å²) in [4.78, 5) is 22.3. The van der Waals surface area contributed by atoms with Crippen LogP contribution in [-0.4, -0.2) is 18.8 Å². The monoisotopic (exact) mass is 253 g/mol. The molecule has 1 aromatic rings. The number of rotatable bonds is 5. The highest BCUT2D eigenvalue weighted by Crippen LogP contribution is 2.25. The van der Waals surface area contributed by atoms with Gasteiger partial charge >= 0.3 is 0 Å². The number of ether oxygens (including phenoxy) is 1. The summed E-state index contributed by atoms with van der Waals surface area (Å²) in [5, 5.41) is 2.62. The molecular weight excluding hydrogens is 237 g/mol. The molecular formula is C13H16FNO3. The molecule has 0 fully saturated rings. The second kappa shape index (κ2) is 6.14. The summed E-state index contributed by atoms with van der Waals surface area (Å²) in [6.45, 7) is 3.04. The third-order valence-corrected chi connectivity index (χ3v) is 2.45. The number of halogens is 1. The van der Waals surface area contributed by atoms with Gasteiger partial charge in [0.15, 0.2) is 0 Å². The number of nitrogens with one attached hydrogen (secondary N) is 1. The van der Waals surface area contributed by atoms with Gasteiger partial charge in [-0.3, -0.25) is 9.59 Å². The average Bonchev–Trinajstić information content (AvgIpc) is 2.27. The van der Waals surface area contributed by atoms with E-state index < -0.39 is 11.9 Å². The molecule has 0 aliphatic rings. The fourth-order valence-electron chi connectivity index (χ4n) is 1.64. The molecule has 1 amide bonds. The van der Waals surface area contributed by atoms with E-state index in [4.69, 9.17) is 4.74 Å². The first-order chi connectivity index (χ1) is 8.43. The van der Waals surface area contributed by atoms with E-state index in [0.717, 1.165) is 0 Å². The summed E-state index contributed by atoms with van der Waals surface area (Å²) in [5.41, 5.74) is 0.536. The Kier molecular flexibility index (Phi) is 4.83. The minimum Gasteiger partial charge on any atom is -0.496 e. The van der Waals surface area contributed by atoms with Gasteiger partial charge in [-0.2, -0.15) is 0 Å². The molecule has 0 saturated heterocycles. The van der Waals surface area contributed by atoms with Crippen molar-refractivity contribution in [2.75, 3.05) is 7.11 Å². The predicted octanol–water partition coefficient (Wildman–Crippen LogP) is 1.99. The molecule has 0 saturated carbocycles. The van der Waals surface area contributed by atoms with Crippen LogP contribution in [0.1, 0.15) is 31.9 Å². The summed E-state index contributed by atoms with van der Waals surface area (Å²) < 4.78 is 18.3. The van der Waals surface area contributed by atoms with Gasteiger partial charge in [0.05, 0.1) is 19.6 Å². The zero-order valence-corrected chi connectivity index (χ0v) is 10.6. The van der Waals surface area contributed by atoms with Crippen LogP contribution in [0.2, 0.25) is 0 Å². The first-order valence-electron chi connectivity index (χ1n) is 5.56. The normalized spacial score (nSPS) is 11.8. The number of ketones is 1. The number of hydrogen-bond donors (Lipinski definition) is 1. The molecule has 1 unspecified atom stereocenters. The minimum absolute atomic E-state index is 0.179. The lowest BCUT2D eigenvalue weighted by Crippen LogP contribution is -2.28. The lowest BCUT2D eigenvalue weighted by Gasteiger charge is -2.17. The van der Waals surface area contributed by atoms with Gasteiger partial charge in [-0.15, -0.1) is 0 Å². The first kappa shape index (κ1) is 14.2. The van der Waals surface area contributed by atoms with Gasteiger partial charge in [0.25, 0.3) is 0 Å². The van der Waals surface area contributed by atoms with E-state index >= 15 is 0 Å². The highest BCUT2D eigenvalue weighted by Gasteiger charge is 2.15. The molecule has 0 aliphatic heterocycles. The van der Waals surface area contributed by atoms with Crippen LogP contribution in [0.5, 0.6) is 5.75 Å². The van der Waals surface area contributed by atoms with Crippen molar-refractivity contribution in [1.29, 1.82) is 0 Å². The van der Waals surface area contributed by atoms with Crippen LogP contribution in [0.3, 0.4) is 0 Å². The number of carbonyl (C=O) groups excluding carboxylic acids is 2. The fourth-order valence-corrected chi connectivity index (χ4v) is 1.64. The summed E-state index contributed by atoms with van der Waals surface area (Å²) in [6, 6.07) is 3.66. The second-order valence-electron chi connectivity index (χ2n) is 4.05. The number of carbonyl (C=O) groups is 2. The molecule has 0 radical (unpaired) electrons. The van der Waals surface area contributed by atoms with Crippen LogP contribution >= 0.6 is 0 Å². The lowest BCUT2D eigenvalue weighted by atomic mass is 10.1. The number of methoxy groups -OCH3 is 1. The van der Waals surface area contributed by atoms with Crippen molar-refractivity contribution < 1.29 is 18.7 Å². The summed E-state index contributed by atoms with van der Waals surface area (Å²) in [6.07, 6.45) is -0.179. The molecule has 98 valence electrons. The molecule has 4 nitrogen and oxygen atoms in total. The van der Waals surface area contributed by atoms with Crippen LogP contribution in [0.25, 0.3) is 0 Å². The number of benzene rings is 1. The molecule has 1 N–H and O–H groups in total. The smallest absolute Gasteiger partial charge is 0.227 e. The Bertz CT molecular complexity index is 460. The molecule has 1 aromatic carbocycles. The molecule has 0 bridgehead atoms. The van der Waals surface area contributed by atoms with E-state index in [9.17, 15) is 14.0 Å². The molecule has 5 heteroatoms. The largest absolute Gasteiger partial charge is 0.496 e. The van der Waals surface area contributed by atoms with E-state index in [1.54, 1.807) is 6.92 Å². The topological polar surface area (TPSA) is 55.4 Å². The second-order valence-corrected chi connectivity index (χ2v) is 4.05.